The van der Waals surface area contributed by atoms with Crippen LogP contribution in [0.5, 0.6) is 0 Å². The lowest BCUT2D eigenvalue weighted by Gasteiger charge is -2.25. The minimum Gasteiger partial charge on any atom is -0.437 e. The third-order valence-electron chi connectivity index (χ3n) is 2.02. The van der Waals surface area contributed by atoms with Crippen molar-refractivity contribution >= 4 is 6.16 Å². The molecule has 0 saturated heterocycles. The van der Waals surface area contributed by atoms with E-state index >= 15 is 0 Å². The molecule has 78 valence electrons. The molecule has 0 N–H and O–H groups in total. The van der Waals surface area contributed by atoms with Gasteiger partial charge in [-0.3, -0.25) is 0 Å². The lowest BCUT2D eigenvalue weighted by molar-refractivity contribution is 0.0912. The maximum Gasteiger partial charge on any atom is 0.513 e. The highest BCUT2D eigenvalue weighted by atomic mass is 16.7. The highest BCUT2D eigenvalue weighted by Crippen LogP contribution is 2.33. The van der Waals surface area contributed by atoms with E-state index in [2.05, 4.69) is 24.7 Å². The second-order valence-corrected chi connectivity index (χ2v) is 4.22. The van der Waals surface area contributed by atoms with Gasteiger partial charge in [-0.1, -0.05) is 25.5 Å². The minimum atomic E-state index is -0.651. The van der Waals surface area contributed by atoms with Crippen LogP contribution in [-0.2, 0) is 9.47 Å². The van der Waals surface area contributed by atoms with Crippen molar-refractivity contribution < 1.29 is 14.3 Å². The molecule has 0 unspecified atom stereocenters. The van der Waals surface area contributed by atoms with Crippen LogP contribution in [0.1, 0.15) is 27.2 Å². The monoisotopic (exact) mass is 196 g/mol. The molecule has 1 aliphatic rings. The van der Waals surface area contributed by atoms with Crippen molar-refractivity contribution in [2.45, 2.75) is 27.2 Å². The van der Waals surface area contributed by atoms with E-state index in [1.165, 1.54) is 7.11 Å². The molecule has 1 rings (SSSR count). The van der Waals surface area contributed by atoms with E-state index < -0.39 is 6.16 Å². The second kappa shape index (κ2) is 3.86. The maximum absolute atomic E-state index is 10.9. The van der Waals surface area contributed by atoms with E-state index in [0.717, 1.165) is 12.0 Å². The van der Waals surface area contributed by atoms with Crippen molar-refractivity contribution in [3.05, 3.63) is 23.5 Å². The quantitative estimate of drug-likeness (QED) is 0.605. The van der Waals surface area contributed by atoms with Gasteiger partial charge in [0.05, 0.1) is 7.11 Å². The van der Waals surface area contributed by atoms with Gasteiger partial charge in [0.2, 0.25) is 0 Å². The molecular formula is C11H16O3. The summed E-state index contributed by atoms with van der Waals surface area (Å²) >= 11 is 0. The highest BCUT2D eigenvalue weighted by molar-refractivity contribution is 5.61. The van der Waals surface area contributed by atoms with Crippen LogP contribution in [0.2, 0.25) is 0 Å². The van der Waals surface area contributed by atoms with Crippen molar-refractivity contribution in [3.8, 4) is 0 Å². The third kappa shape index (κ3) is 2.91. The molecule has 14 heavy (non-hydrogen) atoms. The molecule has 0 aliphatic heterocycles. The van der Waals surface area contributed by atoms with E-state index in [-0.39, 0.29) is 5.41 Å². The van der Waals surface area contributed by atoms with Crippen LogP contribution in [0.25, 0.3) is 0 Å². The zero-order valence-corrected chi connectivity index (χ0v) is 9.09. The average Bonchev–Trinajstić information content (AvgIpc) is 1.99. The number of carbonyl (C=O) groups excluding carboxylic acids is 1. The molecule has 3 nitrogen and oxygen atoms in total. The summed E-state index contributed by atoms with van der Waals surface area (Å²) in [5.74, 6) is 0.668. The van der Waals surface area contributed by atoms with Crippen molar-refractivity contribution in [1.29, 1.82) is 0 Å². The first-order valence-electron chi connectivity index (χ1n) is 4.59. The summed E-state index contributed by atoms with van der Waals surface area (Å²) in [5, 5.41) is 0. The van der Waals surface area contributed by atoms with Gasteiger partial charge in [-0.2, -0.15) is 0 Å². The Labute approximate surface area is 84.4 Å². The number of allylic oxidation sites excluding steroid dienone is 4. The van der Waals surface area contributed by atoms with Gasteiger partial charge in [0, 0.05) is 6.42 Å². The Kier molecular flexibility index (Phi) is 2.99. The topological polar surface area (TPSA) is 35.5 Å². The summed E-state index contributed by atoms with van der Waals surface area (Å²) in [6.45, 7) is 6.19. The first-order chi connectivity index (χ1) is 6.43. The van der Waals surface area contributed by atoms with Gasteiger partial charge in [0.1, 0.15) is 5.76 Å². The van der Waals surface area contributed by atoms with Crippen LogP contribution in [0.3, 0.4) is 0 Å². The van der Waals surface area contributed by atoms with Crippen molar-refractivity contribution in [2.75, 3.05) is 7.11 Å². The molecule has 0 aromatic carbocycles. The number of methoxy groups -OCH3 is 1. The molecule has 0 amide bonds. The van der Waals surface area contributed by atoms with Crippen LogP contribution < -0.4 is 0 Å². The molecule has 0 atom stereocenters. The molecule has 0 heterocycles. The molecule has 0 radical (unpaired) electrons. The zero-order valence-electron chi connectivity index (χ0n) is 9.09. The number of hydrogen-bond donors (Lipinski definition) is 0. The normalized spacial score (nSPS) is 19.4. The summed E-state index contributed by atoms with van der Waals surface area (Å²) < 4.78 is 9.44. The van der Waals surface area contributed by atoms with Crippen LogP contribution >= 0.6 is 0 Å². The van der Waals surface area contributed by atoms with Crippen molar-refractivity contribution in [2.24, 2.45) is 5.41 Å². The van der Waals surface area contributed by atoms with Gasteiger partial charge in [0.25, 0.3) is 0 Å². The van der Waals surface area contributed by atoms with Crippen LogP contribution in [0, 0.1) is 5.41 Å². The Balaban J connectivity index is 2.73. The van der Waals surface area contributed by atoms with Gasteiger partial charge >= 0.3 is 6.16 Å². The van der Waals surface area contributed by atoms with E-state index in [9.17, 15) is 4.79 Å². The van der Waals surface area contributed by atoms with E-state index in [1.807, 2.05) is 13.0 Å². The Morgan fingerprint density at radius 3 is 2.64 bits per heavy atom. The van der Waals surface area contributed by atoms with Gasteiger partial charge in [-0.15, -0.1) is 0 Å². The molecule has 1 aliphatic carbocycles. The van der Waals surface area contributed by atoms with Crippen molar-refractivity contribution in [3.63, 3.8) is 0 Å². The molecule has 0 aromatic heterocycles. The zero-order chi connectivity index (χ0) is 10.8. The molecule has 0 aromatic rings. The fourth-order valence-electron chi connectivity index (χ4n) is 1.68. The fourth-order valence-corrected chi connectivity index (χ4v) is 1.68. The Bertz CT molecular complexity index is 298. The lowest BCUT2D eigenvalue weighted by atomic mass is 9.83. The van der Waals surface area contributed by atoms with Gasteiger partial charge < -0.3 is 9.47 Å². The summed E-state index contributed by atoms with van der Waals surface area (Å²) in [4.78, 5) is 10.9. The molecule has 0 saturated carbocycles. The predicted molar refractivity (Wildman–Crippen MR) is 53.7 cm³/mol. The summed E-state index contributed by atoms with van der Waals surface area (Å²) in [6.07, 6.45) is 4.10. The molecule has 0 fully saturated rings. The average molecular weight is 196 g/mol. The standard InChI is InChI=1S/C11H16O3/c1-8-5-9(14-10(12)13-4)7-11(2,3)6-8/h5-6H,7H2,1-4H3. The van der Waals surface area contributed by atoms with Crippen LogP contribution in [-0.4, -0.2) is 13.3 Å². The predicted octanol–water partition coefficient (Wildman–Crippen LogP) is 3.03. The lowest BCUT2D eigenvalue weighted by Crippen LogP contribution is -2.16. The molecule has 0 bridgehead atoms. The second-order valence-electron chi connectivity index (χ2n) is 4.22. The Morgan fingerprint density at radius 1 is 1.50 bits per heavy atom. The largest absolute Gasteiger partial charge is 0.513 e. The minimum absolute atomic E-state index is 0.0438. The number of hydrogen-bond acceptors (Lipinski definition) is 3. The Hall–Kier alpha value is -1.25. The first-order valence-corrected chi connectivity index (χ1v) is 4.59. The molecule has 3 heteroatoms. The van der Waals surface area contributed by atoms with E-state index in [4.69, 9.17) is 4.74 Å². The third-order valence-corrected chi connectivity index (χ3v) is 2.02. The van der Waals surface area contributed by atoms with Crippen molar-refractivity contribution in [1.82, 2.24) is 0 Å². The molecule has 0 spiro atoms. The summed E-state index contributed by atoms with van der Waals surface area (Å²) in [5.41, 5.74) is 1.16. The fraction of sp³-hybridized carbons (Fsp3) is 0.545. The number of rotatable bonds is 1. The first kappa shape index (κ1) is 10.8. The van der Waals surface area contributed by atoms with Crippen LogP contribution in [0.15, 0.2) is 23.5 Å². The van der Waals surface area contributed by atoms with Gasteiger partial charge in [-0.05, 0) is 18.4 Å². The SMILES string of the molecule is COC(=O)OC1=CC(C)=CC(C)(C)C1. The number of carbonyl (C=O) groups is 1. The van der Waals surface area contributed by atoms with E-state index in [0.29, 0.717) is 5.76 Å². The molecular weight excluding hydrogens is 180 g/mol. The highest BCUT2D eigenvalue weighted by Gasteiger charge is 2.23. The summed E-state index contributed by atoms with van der Waals surface area (Å²) in [7, 11) is 1.31. The maximum atomic E-state index is 10.9. The Morgan fingerprint density at radius 2 is 2.14 bits per heavy atom. The van der Waals surface area contributed by atoms with E-state index in [1.54, 1.807) is 0 Å². The van der Waals surface area contributed by atoms with Gasteiger partial charge in [-0.25, -0.2) is 4.79 Å². The van der Waals surface area contributed by atoms with Gasteiger partial charge in [0.15, 0.2) is 0 Å². The number of ether oxygens (including phenoxy) is 2. The summed E-state index contributed by atoms with van der Waals surface area (Å²) in [6, 6.07) is 0. The van der Waals surface area contributed by atoms with Crippen LogP contribution in [0.4, 0.5) is 4.79 Å². The smallest absolute Gasteiger partial charge is 0.437 e.